The molecule has 2 heterocycles. The third-order valence-corrected chi connectivity index (χ3v) is 3.03. The number of nitrogens with zero attached hydrogens (tertiary/aromatic N) is 6. The summed E-state index contributed by atoms with van der Waals surface area (Å²) in [5.41, 5.74) is 1.40. The van der Waals surface area contributed by atoms with E-state index in [0.717, 1.165) is 11.3 Å². The van der Waals surface area contributed by atoms with Gasteiger partial charge in [-0.05, 0) is 26.7 Å². The summed E-state index contributed by atoms with van der Waals surface area (Å²) >= 11 is 0. The van der Waals surface area contributed by atoms with Gasteiger partial charge in [0.2, 0.25) is 11.6 Å². The van der Waals surface area contributed by atoms with Crippen molar-refractivity contribution in [1.29, 1.82) is 0 Å². The molecule has 1 N–H and O–H groups in total. The van der Waals surface area contributed by atoms with Crippen molar-refractivity contribution in [2.24, 2.45) is 0 Å². The van der Waals surface area contributed by atoms with Gasteiger partial charge in [0.1, 0.15) is 0 Å². The van der Waals surface area contributed by atoms with E-state index in [1.54, 1.807) is 4.80 Å². The monoisotopic (exact) mass is 261 g/mol. The number of aromatic nitrogens is 5. The normalized spacial score (nSPS) is 15.2. The summed E-state index contributed by atoms with van der Waals surface area (Å²) in [6.45, 7) is 4.10. The van der Waals surface area contributed by atoms with Crippen LogP contribution in [0.5, 0.6) is 0 Å². The molecule has 2 aromatic heterocycles. The maximum atomic E-state index is 4.54. The molecule has 2 aromatic rings. The summed E-state index contributed by atoms with van der Waals surface area (Å²) in [5, 5.41) is 12.3. The lowest BCUT2D eigenvalue weighted by atomic mass is 10.4. The largest absolute Gasteiger partial charge is 0.365 e. The molecule has 0 aromatic carbocycles. The van der Waals surface area contributed by atoms with E-state index in [-0.39, 0.29) is 6.04 Å². The van der Waals surface area contributed by atoms with Crippen LogP contribution in [0.15, 0.2) is 0 Å². The number of nitrogens with one attached hydrogen (secondary N) is 1. The first kappa shape index (κ1) is 12.1. The molecule has 0 spiro atoms. The van der Waals surface area contributed by atoms with Gasteiger partial charge >= 0.3 is 0 Å². The molecule has 0 aliphatic heterocycles. The van der Waals surface area contributed by atoms with Crippen molar-refractivity contribution >= 4 is 22.9 Å². The minimum Gasteiger partial charge on any atom is -0.365 e. The highest BCUT2D eigenvalue weighted by molar-refractivity contribution is 5.83. The van der Waals surface area contributed by atoms with Gasteiger partial charge in [-0.15, -0.1) is 10.2 Å². The molecule has 1 aliphatic rings. The molecule has 1 fully saturated rings. The first-order chi connectivity index (χ1) is 9.04. The van der Waals surface area contributed by atoms with Crippen LogP contribution in [0.3, 0.4) is 0 Å². The van der Waals surface area contributed by atoms with Crippen LogP contribution in [-0.4, -0.2) is 45.1 Å². The maximum absolute atomic E-state index is 4.54. The predicted octanol–water partition coefficient (Wildman–Crippen LogP) is 1.44. The topological polar surface area (TPSA) is 71.8 Å². The van der Waals surface area contributed by atoms with Gasteiger partial charge in [0.25, 0.3) is 0 Å². The third-order valence-electron chi connectivity index (χ3n) is 3.03. The van der Waals surface area contributed by atoms with Crippen LogP contribution in [-0.2, 0) is 0 Å². The minimum absolute atomic E-state index is 0.214. The Balaban J connectivity index is 2.11. The van der Waals surface area contributed by atoms with Gasteiger partial charge in [-0.25, -0.2) is 0 Å². The predicted molar refractivity (Wildman–Crippen MR) is 74.5 cm³/mol. The molecule has 7 nitrogen and oxygen atoms in total. The highest BCUT2D eigenvalue weighted by Gasteiger charge is 2.24. The fraction of sp³-hybridized carbons (Fsp3) is 0.667. The van der Waals surface area contributed by atoms with Crippen molar-refractivity contribution in [1.82, 2.24) is 25.0 Å². The van der Waals surface area contributed by atoms with Crippen molar-refractivity contribution in [3.8, 4) is 0 Å². The molecule has 0 saturated heterocycles. The zero-order valence-corrected chi connectivity index (χ0v) is 11.8. The minimum atomic E-state index is 0.214. The average molecular weight is 261 g/mol. The third kappa shape index (κ3) is 2.32. The number of fused-ring (bicyclic) bond motifs is 1. The van der Waals surface area contributed by atoms with Crippen LogP contribution >= 0.6 is 0 Å². The number of hydrogen-bond acceptors (Lipinski definition) is 6. The van der Waals surface area contributed by atoms with E-state index in [1.807, 2.05) is 32.8 Å². The number of hydrogen-bond donors (Lipinski definition) is 1. The lowest BCUT2D eigenvalue weighted by molar-refractivity contribution is 0.471. The summed E-state index contributed by atoms with van der Waals surface area (Å²) in [6, 6.07) is 0.739. The van der Waals surface area contributed by atoms with E-state index >= 15 is 0 Å². The van der Waals surface area contributed by atoms with Crippen molar-refractivity contribution in [2.45, 2.75) is 38.8 Å². The van der Waals surface area contributed by atoms with Crippen LogP contribution < -0.4 is 10.2 Å². The van der Waals surface area contributed by atoms with Gasteiger partial charge in [-0.3, -0.25) is 0 Å². The van der Waals surface area contributed by atoms with Gasteiger partial charge < -0.3 is 10.2 Å². The number of anilines is 2. The molecule has 7 heteroatoms. The summed E-state index contributed by atoms with van der Waals surface area (Å²) < 4.78 is 0. The molecule has 0 radical (unpaired) electrons. The standard InChI is InChI=1S/C12H19N7/c1-7(2)19-16-9-10(13-8-5-6-8)14-12(18(3)4)15-11(9)17-19/h7-8H,5-6H2,1-4H3,(H,13,14,15,17). The molecular weight excluding hydrogens is 242 g/mol. The smallest absolute Gasteiger partial charge is 0.229 e. The Bertz CT molecular complexity index is 597. The Hall–Kier alpha value is -1.92. The lowest BCUT2D eigenvalue weighted by Gasteiger charge is -2.11. The second-order valence-corrected chi connectivity index (χ2v) is 5.47. The fourth-order valence-electron chi connectivity index (χ4n) is 1.77. The van der Waals surface area contributed by atoms with E-state index in [1.165, 1.54) is 12.8 Å². The van der Waals surface area contributed by atoms with E-state index in [4.69, 9.17) is 0 Å². The molecule has 0 bridgehead atoms. The van der Waals surface area contributed by atoms with Gasteiger partial charge in [0, 0.05) is 20.1 Å². The van der Waals surface area contributed by atoms with Crippen LogP contribution in [0, 0.1) is 0 Å². The van der Waals surface area contributed by atoms with Gasteiger partial charge in [-0.2, -0.15) is 14.8 Å². The first-order valence-corrected chi connectivity index (χ1v) is 6.63. The maximum Gasteiger partial charge on any atom is 0.229 e. The lowest BCUT2D eigenvalue weighted by Crippen LogP contribution is -2.14. The highest BCUT2D eigenvalue weighted by atomic mass is 15.5. The Labute approximate surface area is 112 Å². The van der Waals surface area contributed by atoms with Crippen LogP contribution in [0.2, 0.25) is 0 Å². The van der Waals surface area contributed by atoms with Crippen LogP contribution in [0.1, 0.15) is 32.7 Å². The molecule has 1 saturated carbocycles. The summed E-state index contributed by atoms with van der Waals surface area (Å²) in [5.74, 6) is 1.45. The van der Waals surface area contributed by atoms with E-state index in [2.05, 4.69) is 25.5 Å². The highest BCUT2D eigenvalue weighted by Crippen LogP contribution is 2.28. The second-order valence-electron chi connectivity index (χ2n) is 5.47. The van der Waals surface area contributed by atoms with Crippen LogP contribution in [0.25, 0.3) is 11.2 Å². The molecule has 0 unspecified atom stereocenters. The van der Waals surface area contributed by atoms with Crippen molar-refractivity contribution in [2.75, 3.05) is 24.3 Å². The molecule has 102 valence electrons. The molecule has 1 aliphatic carbocycles. The fourth-order valence-corrected chi connectivity index (χ4v) is 1.77. The van der Waals surface area contributed by atoms with Gasteiger partial charge in [-0.1, -0.05) is 0 Å². The van der Waals surface area contributed by atoms with E-state index in [9.17, 15) is 0 Å². The Morgan fingerprint density at radius 2 is 1.95 bits per heavy atom. The Morgan fingerprint density at radius 1 is 1.21 bits per heavy atom. The van der Waals surface area contributed by atoms with Crippen molar-refractivity contribution in [3.05, 3.63) is 0 Å². The SMILES string of the molecule is CC(C)n1nc2nc(N(C)C)nc(NC3CC3)c2n1. The quantitative estimate of drug-likeness (QED) is 0.898. The van der Waals surface area contributed by atoms with E-state index in [0.29, 0.717) is 17.6 Å². The van der Waals surface area contributed by atoms with E-state index < -0.39 is 0 Å². The van der Waals surface area contributed by atoms with Crippen molar-refractivity contribution < 1.29 is 0 Å². The molecule has 19 heavy (non-hydrogen) atoms. The van der Waals surface area contributed by atoms with Gasteiger partial charge in [0.15, 0.2) is 11.3 Å². The summed E-state index contributed by atoms with van der Waals surface area (Å²) in [4.78, 5) is 12.6. The zero-order valence-electron chi connectivity index (χ0n) is 11.8. The zero-order chi connectivity index (χ0) is 13.6. The summed E-state index contributed by atoms with van der Waals surface area (Å²) in [7, 11) is 3.85. The summed E-state index contributed by atoms with van der Waals surface area (Å²) in [6.07, 6.45) is 2.39. The molecule has 0 atom stereocenters. The first-order valence-electron chi connectivity index (χ1n) is 6.63. The van der Waals surface area contributed by atoms with Crippen LogP contribution in [0.4, 0.5) is 11.8 Å². The molecular formula is C12H19N7. The molecule has 0 amide bonds. The van der Waals surface area contributed by atoms with Gasteiger partial charge in [0.05, 0.1) is 6.04 Å². The Morgan fingerprint density at radius 3 is 2.53 bits per heavy atom. The van der Waals surface area contributed by atoms with Crippen molar-refractivity contribution in [3.63, 3.8) is 0 Å². The average Bonchev–Trinajstić information content (AvgIpc) is 3.04. The molecule has 3 rings (SSSR count). The second kappa shape index (κ2) is 4.32. The number of rotatable bonds is 4. The Kier molecular flexibility index (Phi) is 2.76.